The lowest BCUT2D eigenvalue weighted by atomic mass is 10.0. The fraction of sp³-hybridized carbons (Fsp3) is 0.467. The molecular formula is C15H17F2NO2. The number of hydrogen-bond donors (Lipinski definition) is 0. The zero-order valence-corrected chi connectivity index (χ0v) is 11.4. The summed E-state index contributed by atoms with van der Waals surface area (Å²) in [6.07, 6.45) is 2.03. The van der Waals surface area contributed by atoms with Crippen molar-refractivity contribution in [2.75, 3.05) is 13.1 Å². The molecule has 3 nitrogen and oxygen atoms in total. The van der Waals surface area contributed by atoms with Crippen LogP contribution in [0.4, 0.5) is 8.78 Å². The van der Waals surface area contributed by atoms with Crippen molar-refractivity contribution in [2.45, 2.75) is 26.2 Å². The molecule has 0 bridgehead atoms. The highest BCUT2D eigenvalue weighted by Crippen LogP contribution is 2.18. The molecule has 0 aromatic heterocycles. The minimum Gasteiger partial charge on any atom is -0.335 e. The first kappa shape index (κ1) is 14.6. The van der Waals surface area contributed by atoms with Gasteiger partial charge in [0.1, 0.15) is 11.6 Å². The average Bonchev–Trinajstić information content (AvgIpc) is 2.57. The maximum Gasteiger partial charge on any atom is 0.222 e. The Labute approximate surface area is 116 Å². The zero-order valence-electron chi connectivity index (χ0n) is 11.4. The first-order valence-electron chi connectivity index (χ1n) is 6.73. The van der Waals surface area contributed by atoms with Crippen LogP contribution in [-0.4, -0.2) is 29.7 Å². The summed E-state index contributed by atoms with van der Waals surface area (Å²) in [6, 6.07) is 2.77. The Hall–Kier alpha value is -1.78. The lowest BCUT2D eigenvalue weighted by Gasteiger charge is -2.19. The molecule has 1 atom stereocenters. The Balaban J connectivity index is 2.10. The molecule has 0 N–H and O–H groups in total. The molecule has 0 spiro atoms. The second kappa shape index (κ2) is 6.11. The molecule has 2 rings (SSSR count). The van der Waals surface area contributed by atoms with E-state index in [0.29, 0.717) is 18.9 Å². The average molecular weight is 281 g/mol. The van der Waals surface area contributed by atoms with Gasteiger partial charge in [0.15, 0.2) is 5.78 Å². The molecule has 0 saturated carbocycles. The summed E-state index contributed by atoms with van der Waals surface area (Å²) in [7, 11) is 0. The first-order chi connectivity index (χ1) is 9.47. The van der Waals surface area contributed by atoms with Crippen molar-refractivity contribution in [1.29, 1.82) is 0 Å². The molecule has 1 unspecified atom stereocenters. The van der Waals surface area contributed by atoms with Gasteiger partial charge in [-0.3, -0.25) is 9.59 Å². The number of ketones is 1. The van der Waals surface area contributed by atoms with Crippen LogP contribution >= 0.6 is 0 Å². The molecule has 1 amide bonds. The van der Waals surface area contributed by atoms with E-state index in [0.717, 1.165) is 31.0 Å². The van der Waals surface area contributed by atoms with Gasteiger partial charge in [-0.25, -0.2) is 8.78 Å². The van der Waals surface area contributed by atoms with Crippen molar-refractivity contribution in [3.8, 4) is 0 Å². The van der Waals surface area contributed by atoms with Crippen LogP contribution < -0.4 is 0 Å². The highest BCUT2D eigenvalue weighted by molar-refractivity contribution is 5.99. The molecule has 0 radical (unpaired) electrons. The zero-order chi connectivity index (χ0) is 14.7. The lowest BCUT2D eigenvalue weighted by Crippen LogP contribution is -2.35. The van der Waals surface area contributed by atoms with Gasteiger partial charge >= 0.3 is 0 Å². The topological polar surface area (TPSA) is 37.4 Å². The molecule has 1 aliphatic rings. The van der Waals surface area contributed by atoms with Gasteiger partial charge < -0.3 is 4.90 Å². The van der Waals surface area contributed by atoms with Crippen LogP contribution in [0.5, 0.6) is 0 Å². The van der Waals surface area contributed by atoms with E-state index in [1.807, 2.05) is 0 Å². The Kier molecular flexibility index (Phi) is 4.47. The second-order valence-electron chi connectivity index (χ2n) is 5.30. The number of benzene rings is 1. The number of amides is 1. The summed E-state index contributed by atoms with van der Waals surface area (Å²) in [5.74, 6) is -1.65. The first-order valence-corrected chi connectivity index (χ1v) is 6.73. The fourth-order valence-electron chi connectivity index (χ4n) is 2.31. The van der Waals surface area contributed by atoms with Gasteiger partial charge in [-0.15, -0.1) is 0 Å². The van der Waals surface area contributed by atoms with Crippen LogP contribution in [0.2, 0.25) is 0 Å². The summed E-state index contributed by atoms with van der Waals surface area (Å²) >= 11 is 0. The van der Waals surface area contributed by atoms with Crippen LogP contribution in [0.15, 0.2) is 18.2 Å². The van der Waals surface area contributed by atoms with E-state index in [1.165, 1.54) is 4.90 Å². The number of rotatable bonds is 3. The maximum absolute atomic E-state index is 13.5. The summed E-state index contributed by atoms with van der Waals surface area (Å²) in [6.45, 7) is 2.36. The Morgan fingerprint density at radius 1 is 1.35 bits per heavy atom. The van der Waals surface area contributed by atoms with E-state index in [4.69, 9.17) is 0 Å². The molecule has 1 aromatic rings. The van der Waals surface area contributed by atoms with Crippen molar-refractivity contribution in [3.05, 3.63) is 35.4 Å². The van der Waals surface area contributed by atoms with Crippen molar-refractivity contribution >= 4 is 11.7 Å². The monoisotopic (exact) mass is 281 g/mol. The van der Waals surface area contributed by atoms with Gasteiger partial charge in [-0.05, 0) is 37.0 Å². The van der Waals surface area contributed by atoms with E-state index in [9.17, 15) is 18.4 Å². The van der Waals surface area contributed by atoms with E-state index >= 15 is 0 Å². The Bertz CT molecular complexity index is 531. The SMILES string of the molecule is CC1CCC(=O)N(CC(=O)c2cc(F)ccc2F)CC1. The van der Waals surface area contributed by atoms with Gasteiger partial charge in [0.2, 0.25) is 5.91 Å². The number of halogens is 2. The molecule has 1 saturated heterocycles. The maximum atomic E-state index is 13.5. The number of carbonyl (C=O) groups is 2. The van der Waals surface area contributed by atoms with E-state index in [1.54, 1.807) is 0 Å². The molecule has 1 heterocycles. The Morgan fingerprint density at radius 3 is 2.85 bits per heavy atom. The third-order valence-corrected chi connectivity index (χ3v) is 3.66. The van der Waals surface area contributed by atoms with Crippen LogP contribution in [0, 0.1) is 17.6 Å². The van der Waals surface area contributed by atoms with Gasteiger partial charge in [0.25, 0.3) is 0 Å². The molecule has 0 aliphatic carbocycles. The Morgan fingerprint density at radius 2 is 2.10 bits per heavy atom. The van der Waals surface area contributed by atoms with Gasteiger partial charge in [0.05, 0.1) is 12.1 Å². The van der Waals surface area contributed by atoms with Crippen LogP contribution in [0.3, 0.4) is 0 Å². The van der Waals surface area contributed by atoms with Crippen LogP contribution in [0.25, 0.3) is 0 Å². The van der Waals surface area contributed by atoms with E-state index < -0.39 is 17.4 Å². The molecule has 1 fully saturated rings. The lowest BCUT2D eigenvalue weighted by molar-refractivity contribution is -0.130. The van der Waals surface area contributed by atoms with Crippen molar-refractivity contribution in [3.63, 3.8) is 0 Å². The predicted octanol–water partition coefficient (Wildman–Crippen LogP) is 2.80. The van der Waals surface area contributed by atoms with Gasteiger partial charge in [-0.2, -0.15) is 0 Å². The normalized spacial score (nSPS) is 19.9. The molecule has 1 aliphatic heterocycles. The summed E-state index contributed by atoms with van der Waals surface area (Å²) in [4.78, 5) is 25.3. The molecular weight excluding hydrogens is 264 g/mol. The van der Waals surface area contributed by atoms with Crippen molar-refractivity contribution in [2.24, 2.45) is 5.92 Å². The van der Waals surface area contributed by atoms with E-state index in [2.05, 4.69) is 6.92 Å². The number of Topliss-reactive ketones (excluding diaryl/α,β-unsaturated/α-hetero) is 1. The second-order valence-corrected chi connectivity index (χ2v) is 5.30. The quantitative estimate of drug-likeness (QED) is 0.799. The smallest absolute Gasteiger partial charge is 0.222 e. The van der Waals surface area contributed by atoms with E-state index in [-0.39, 0.29) is 18.0 Å². The predicted molar refractivity (Wildman–Crippen MR) is 70.3 cm³/mol. The number of likely N-dealkylation sites (tertiary alicyclic amines) is 1. The van der Waals surface area contributed by atoms with Crippen molar-refractivity contribution in [1.82, 2.24) is 4.90 Å². The molecule has 108 valence electrons. The third kappa shape index (κ3) is 3.40. The standard InChI is InChI=1S/C15H17F2NO2/c1-10-2-5-15(20)18(7-6-10)9-14(19)12-8-11(16)3-4-13(12)17/h3-4,8,10H,2,5-7,9H2,1H3. The summed E-state index contributed by atoms with van der Waals surface area (Å²) < 4.78 is 26.6. The fourth-order valence-corrected chi connectivity index (χ4v) is 2.31. The molecule has 20 heavy (non-hydrogen) atoms. The highest BCUT2D eigenvalue weighted by atomic mass is 19.1. The number of hydrogen-bond acceptors (Lipinski definition) is 2. The summed E-state index contributed by atoms with van der Waals surface area (Å²) in [5, 5.41) is 0. The molecule has 5 heteroatoms. The van der Waals surface area contributed by atoms with Crippen LogP contribution in [0.1, 0.15) is 36.5 Å². The minimum absolute atomic E-state index is 0.0977. The van der Waals surface area contributed by atoms with Crippen LogP contribution in [-0.2, 0) is 4.79 Å². The largest absolute Gasteiger partial charge is 0.335 e. The summed E-state index contributed by atoms with van der Waals surface area (Å²) in [5.41, 5.74) is -0.296. The molecule has 1 aromatic carbocycles. The van der Waals surface area contributed by atoms with Gasteiger partial charge in [0, 0.05) is 13.0 Å². The highest BCUT2D eigenvalue weighted by Gasteiger charge is 2.23. The minimum atomic E-state index is -0.757. The van der Waals surface area contributed by atoms with Crippen molar-refractivity contribution < 1.29 is 18.4 Å². The number of nitrogens with zero attached hydrogens (tertiary/aromatic N) is 1. The van der Waals surface area contributed by atoms with Gasteiger partial charge in [-0.1, -0.05) is 6.92 Å². The number of carbonyl (C=O) groups excluding carboxylic acids is 2. The third-order valence-electron chi connectivity index (χ3n) is 3.66.